The molecule has 0 heterocycles. The first-order chi connectivity index (χ1) is 10.1. The molecule has 0 aliphatic rings. The number of benzene rings is 1. The van der Waals surface area contributed by atoms with Crippen LogP contribution in [0.5, 0.6) is 5.75 Å². The Labute approximate surface area is 124 Å². The number of nitro benzene ring substituents is 1. The van der Waals surface area contributed by atoms with Crippen molar-refractivity contribution in [1.29, 1.82) is 0 Å². The highest BCUT2D eigenvalue weighted by Crippen LogP contribution is 2.34. The van der Waals surface area contributed by atoms with E-state index in [0.29, 0.717) is 31.9 Å². The number of rotatable bonds is 10. The van der Waals surface area contributed by atoms with Crippen LogP contribution in [0, 0.1) is 10.1 Å². The number of nitrogens with one attached hydrogen (secondary N) is 2. The molecule has 1 aromatic rings. The fourth-order valence-corrected chi connectivity index (χ4v) is 1.78. The molecule has 1 atom stereocenters. The lowest BCUT2D eigenvalue weighted by molar-refractivity contribution is -0.385. The maximum absolute atomic E-state index is 11.2. The van der Waals surface area contributed by atoms with Crippen molar-refractivity contribution in [3.8, 4) is 5.75 Å². The fourth-order valence-electron chi connectivity index (χ4n) is 1.78. The third-order valence-electron chi connectivity index (χ3n) is 2.70. The first kappa shape index (κ1) is 17.2. The summed E-state index contributed by atoms with van der Waals surface area (Å²) in [6.45, 7) is 5.69. The molecule has 0 aromatic heterocycles. The first-order valence-corrected chi connectivity index (χ1v) is 7.09. The number of para-hydroxylation sites is 1. The zero-order valence-corrected chi connectivity index (χ0v) is 12.5. The van der Waals surface area contributed by atoms with Gasteiger partial charge in [0.05, 0.1) is 17.6 Å². The molecule has 1 aromatic carbocycles. The lowest BCUT2D eigenvalue weighted by Crippen LogP contribution is -2.29. The van der Waals surface area contributed by atoms with Crippen LogP contribution in [0.15, 0.2) is 18.2 Å². The molecule has 0 saturated heterocycles. The van der Waals surface area contributed by atoms with E-state index in [1.165, 1.54) is 0 Å². The second-order valence-electron chi connectivity index (χ2n) is 4.74. The van der Waals surface area contributed by atoms with E-state index in [4.69, 9.17) is 9.84 Å². The van der Waals surface area contributed by atoms with Gasteiger partial charge in [0.1, 0.15) is 5.69 Å². The van der Waals surface area contributed by atoms with Gasteiger partial charge < -0.3 is 20.5 Å². The van der Waals surface area contributed by atoms with Gasteiger partial charge in [-0.2, -0.15) is 0 Å². The second-order valence-corrected chi connectivity index (χ2v) is 4.74. The van der Waals surface area contributed by atoms with E-state index >= 15 is 0 Å². The van der Waals surface area contributed by atoms with Gasteiger partial charge in [0.15, 0.2) is 5.75 Å². The molecule has 0 bridgehead atoms. The maximum Gasteiger partial charge on any atom is 0.333 e. The van der Waals surface area contributed by atoms with Gasteiger partial charge in [0.25, 0.3) is 0 Å². The third-order valence-corrected chi connectivity index (χ3v) is 2.70. The molecule has 0 aliphatic heterocycles. The van der Waals surface area contributed by atoms with E-state index < -0.39 is 11.0 Å². The van der Waals surface area contributed by atoms with Gasteiger partial charge >= 0.3 is 5.69 Å². The number of ether oxygens (including phenoxy) is 1. The minimum Gasteiger partial charge on any atom is -0.487 e. The molecule has 0 saturated carbocycles. The number of anilines is 1. The molecule has 0 fully saturated rings. The summed E-state index contributed by atoms with van der Waals surface area (Å²) in [5.41, 5.74) is 0.397. The summed E-state index contributed by atoms with van der Waals surface area (Å²) in [5.74, 6) is 0.281. The van der Waals surface area contributed by atoms with Gasteiger partial charge in [0, 0.05) is 19.6 Å². The number of aliphatic hydroxyl groups excluding tert-OH is 1. The van der Waals surface area contributed by atoms with Crippen molar-refractivity contribution in [2.24, 2.45) is 0 Å². The average Bonchev–Trinajstić information content (AvgIpc) is 2.44. The van der Waals surface area contributed by atoms with Crippen LogP contribution in [0.1, 0.15) is 20.3 Å². The van der Waals surface area contributed by atoms with Crippen molar-refractivity contribution in [2.45, 2.75) is 26.4 Å². The maximum atomic E-state index is 11.2. The number of hydrogen-bond donors (Lipinski definition) is 3. The largest absolute Gasteiger partial charge is 0.487 e. The summed E-state index contributed by atoms with van der Waals surface area (Å²) in [5, 5.41) is 26.4. The summed E-state index contributed by atoms with van der Waals surface area (Å²) in [6.07, 6.45) is 0.378. The number of aliphatic hydroxyl groups is 1. The van der Waals surface area contributed by atoms with Gasteiger partial charge in [-0.05, 0) is 25.5 Å². The predicted molar refractivity (Wildman–Crippen MR) is 81.9 cm³/mol. The monoisotopic (exact) mass is 297 g/mol. The van der Waals surface area contributed by atoms with Crippen molar-refractivity contribution in [2.75, 3.05) is 31.6 Å². The van der Waals surface area contributed by atoms with E-state index in [1.54, 1.807) is 25.1 Å². The number of nitrogens with zero attached hydrogens (tertiary/aromatic N) is 1. The molecular weight excluding hydrogens is 274 g/mol. The van der Waals surface area contributed by atoms with Crippen molar-refractivity contribution in [3.63, 3.8) is 0 Å². The van der Waals surface area contributed by atoms with Crippen molar-refractivity contribution < 1.29 is 14.8 Å². The van der Waals surface area contributed by atoms with Crippen LogP contribution in [0.2, 0.25) is 0 Å². The smallest absolute Gasteiger partial charge is 0.333 e. The van der Waals surface area contributed by atoms with Crippen LogP contribution in [0.4, 0.5) is 11.4 Å². The predicted octanol–water partition coefficient (Wildman–Crippen LogP) is 1.77. The van der Waals surface area contributed by atoms with Gasteiger partial charge in [-0.1, -0.05) is 13.0 Å². The molecular formula is C14H23N3O4. The molecule has 0 spiro atoms. The lowest BCUT2D eigenvalue weighted by atomic mass is 10.2. The van der Waals surface area contributed by atoms with Crippen molar-refractivity contribution >= 4 is 11.4 Å². The highest BCUT2D eigenvalue weighted by molar-refractivity contribution is 5.68. The van der Waals surface area contributed by atoms with Gasteiger partial charge in [0.2, 0.25) is 0 Å². The van der Waals surface area contributed by atoms with Crippen molar-refractivity contribution in [3.05, 3.63) is 28.3 Å². The van der Waals surface area contributed by atoms with Gasteiger partial charge in [-0.15, -0.1) is 0 Å². The summed E-state index contributed by atoms with van der Waals surface area (Å²) in [6, 6.07) is 4.99. The third kappa shape index (κ3) is 5.97. The second kappa shape index (κ2) is 9.15. The normalized spacial score (nSPS) is 12.0. The summed E-state index contributed by atoms with van der Waals surface area (Å²) in [4.78, 5) is 10.8. The minimum absolute atomic E-state index is 0.0403. The van der Waals surface area contributed by atoms with Crippen LogP contribution < -0.4 is 15.4 Å². The Morgan fingerprint density at radius 3 is 2.81 bits per heavy atom. The van der Waals surface area contributed by atoms with Crippen LogP contribution in [0.3, 0.4) is 0 Å². The first-order valence-electron chi connectivity index (χ1n) is 7.09. The Morgan fingerprint density at radius 1 is 1.43 bits per heavy atom. The van der Waals surface area contributed by atoms with Crippen molar-refractivity contribution in [1.82, 2.24) is 5.32 Å². The molecule has 3 N–H and O–H groups in total. The molecule has 1 unspecified atom stereocenters. The summed E-state index contributed by atoms with van der Waals surface area (Å²) < 4.78 is 5.42. The minimum atomic E-state index is -0.434. The van der Waals surface area contributed by atoms with Crippen LogP contribution >= 0.6 is 0 Å². The van der Waals surface area contributed by atoms with Crippen LogP contribution in [0.25, 0.3) is 0 Å². The Kier molecular flexibility index (Phi) is 7.49. The standard InChI is InChI=1S/C14H23N3O4/c1-3-9-21-13-6-4-5-12(14(13)17(19)20)16-8-7-15-10-11(2)18/h4-6,11,15-16,18H,3,7-10H2,1-2H3. The highest BCUT2D eigenvalue weighted by atomic mass is 16.6. The molecule has 1 rings (SSSR count). The van der Waals surface area contributed by atoms with E-state index in [9.17, 15) is 10.1 Å². The molecule has 0 radical (unpaired) electrons. The summed E-state index contributed by atoms with van der Waals surface area (Å²) in [7, 11) is 0. The quantitative estimate of drug-likeness (QED) is 0.346. The van der Waals surface area contributed by atoms with E-state index in [2.05, 4.69) is 10.6 Å². The Balaban J connectivity index is 2.65. The molecule has 0 amide bonds. The molecule has 7 nitrogen and oxygen atoms in total. The van der Waals surface area contributed by atoms with Crippen LogP contribution in [-0.4, -0.2) is 42.4 Å². The van der Waals surface area contributed by atoms with Gasteiger partial charge in [-0.3, -0.25) is 10.1 Å². The zero-order chi connectivity index (χ0) is 15.7. The summed E-state index contributed by atoms with van der Waals surface area (Å²) >= 11 is 0. The molecule has 21 heavy (non-hydrogen) atoms. The topological polar surface area (TPSA) is 96.7 Å². The number of nitro groups is 1. The Bertz CT molecular complexity index is 452. The zero-order valence-electron chi connectivity index (χ0n) is 12.5. The number of hydrogen-bond acceptors (Lipinski definition) is 6. The van der Waals surface area contributed by atoms with E-state index in [0.717, 1.165) is 6.42 Å². The molecule has 7 heteroatoms. The van der Waals surface area contributed by atoms with Crippen LogP contribution in [-0.2, 0) is 0 Å². The Hall–Kier alpha value is -1.86. The lowest BCUT2D eigenvalue weighted by Gasteiger charge is -2.11. The molecule has 0 aliphatic carbocycles. The van der Waals surface area contributed by atoms with E-state index in [-0.39, 0.29) is 11.4 Å². The van der Waals surface area contributed by atoms with E-state index in [1.807, 2.05) is 6.92 Å². The fraction of sp³-hybridized carbons (Fsp3) is 0.571. The Morgan fingerprint density at radius 2 is 2.19 bits per heavy atom. The molecule has 118 valence electrons. The van der Waals surface area contributed by atoms with Gasteiger partial charge in [-0.25, -0.2) is 0 Å². The average molecular weight is 297 g/mol. The highest BCUT2D eigenvalue weighted by Gasteiger charge is 2.20. The SMILES string of the molecule is CCCOc1cccc(NCCNCC(C)O)c1[N+](=O)[O-].